The number of carbonyl (C=O) groups is 5. The molecule has 2 heterocycles. The average molecular weight is 640 g/mol. The molecule has 244 valence electrons. The Morgan fingerprint density at radius 2 is 1.71 bits per heavy atom. The summed E-state index contributed by atoms with van der Waals surface area (Å²) in [4.78, 5) is 64.4. The van der Waals surface area contributed by atoms with E-state index >= 15 is 0 Å². The summed E-state index contributed by atoms with van der Waals surface area (Å²) in [7, 11) is 0. The largest absolute Gasteiger partial charge is 0.481 e. The van der Waals surface area contributed by atoms with Crippen LogP contribution in [0.15, 0.2) is 30.3 Å². The lowest BCUT2D eigenvalue weighted by Gasteiger charge is -2.38. The fourth-order valence-corrected chi connectivity index (χ4v) is 4.95. The monoisotopic (exact) mass is 639 g/mol. The maximum Gasteiger partial charge on any atom is 0.416 e. The summed E-state index contributed by atoms with van der Waals surface area (Å²) in [6.45, 7) is 1.73. The minimum Gasteiger partial charge on any atom is -0.481 e. The quantitative estimate of drug-likeness (QED) is 0.309. The van der Waals surface area contributed by atoms with Crippen LogP contribution in [-0.2, 0) is 25.3 Å². The first-order valence-corrected chi connectivity index (χ1v) is 14.2. The van der Waals surface area contributed by atoms with Gasteiger partial charge in [-0.1, -0.05) is 6.07 Å². The lowest BCUT2D eigenvalue weighted by atomic mass is 9.80. The summed E-state index contributed by atoms with van der Waals surface area (Å²) in [6.07, 6.45) is -5.53. The van der Waals surface area contributed by atoms with Crippen LogP contribution in [-0.4, -0.2) is 104 Å². The SMILES string of the molecule is CCOC(=O)C1(Oc2cc(C(=O)N[C@@H](CCC(=O)O)C(=O)N3CCN(C(=O)O)CC3)nn2-c2cccc(C(F)(F)F)c2)CCC1. The summed E-state index contributed by atoms with van der Waals surface area (Å²) in [5.74, 6) is -3.74. The summed E-state index contributed by atoms with van der Waals surface area (Å²) in [6, 6.07) is 3.84. The van der Waals surface area contributed by atoms with Gasteiger partial charge in [-0.3, -0.25) is 14.4 Å². The zero-order valence-corrected chi connectivity index (χ0v) is 24.2. The van der Waals surface area contributed by atoms with Gasteiger partial charge in [0.1, 0.15) is 6.04 Å². The second-order valence-corrected chi connectivity index (χ2v) is 10.6. The van der Waals surface area contributed by atoms with Gasteiger partial charge in [0.2, 0.25) is 17.4 Å². The van der Waals surface area contributed by atoms with Gasteiger partial charge in [0, 0.05) is 38.7 Å². The molecule has 2 fully saturated rings. The number of aliphatic carboxylic acids is 1. The van der Waals surface area contributed by atoms with Gasteiger partial charge in [0.15, 0.2) is 5.69 Å². The number of piperazine rings is 1. The Hall–Kier alpha value is -4.83. The number of benzene rings is 1. The molecule has 1 saturated carbocycles. The number of carboxylic acid groups (broad SMARTS) is 2. The Kier molecular flexibility index (Phi) is 9.87. The molecular weight excluding hydrogens is 607 g/mol. The number of rotatable bonds is 11. The molecule has 0 unspecified atom stereocenters. The Balaban J connectivity index is 1.65. The van der Waals surface area contributed by atoms with E-state index in [1.165, 1.54) is 11.0 Å². The Morgan fingerprint density at radius 1 is 1.04 bits per heavy atom. The number of hydrogen-bond acceptors (Lipinski definition) is 8. The first-order chi connectivity index (χ1) is 21.2. The molecule has 3 N–H and O–H groups in total. The molecular formula is C28H32F3N5O9. The highest BCUT2D eigenvalue weighted by atomic mass is 19.4. The van der Waals surface area contributed by atoms with E-state index in [1.807, 2.05) is 0 Å². The molecule has 0 spiro atoms. The van der Waals surface area contributed by atoms with E-state index in [4.69, 9.17) is 9.47 Å². The van der Waals surface area contributed by atoms with Crippen LogP contribution >= 0.6 is 0 Å². The first-order valence-electron chi connectivity index (χ1n) is 14.2. The molecule has 17 heteroatoms. The standard InChI is InChI=1S/C28H32F3N5O9/c1-2-44-25(41)27(9-4-10-27)45-21-16-20(33-36(21)18-6-3-5-17(15-18)28(29,30)31)23(39)32-19(7-8-22(37)38)24(40)34-11-13-35(14-12-34)26(42)43/h3,5-6,15-16,19H,2,4,7-14H2,1H3,(H,32,39)(H,37,38)(H,42,43)/t19-/m0/s1. The molecule has 2 aliphatic rings. The van der Waals surface area contributed by atoms with Gasteiger partial charge >= 0.3 is 24.2 Å². The second-order valence-electron chi connectivity index (χ2n) is 10.6. The van der Waals surface area contributed by atoms with Crippen LogP contribution in [0.1, 0.15) is 55.1 Å². The number of nitrogens with one attached hydrogen (secondary N) is 1. The van der Waals surface area contributed by atoms with Crippen molar-refractivity contribution in [1.82, 2.24) is 24.9 Å². The molecule has 45 heavy (non-hydrogen) atoms. The number of carboxylic acids is 1. The van der Waals surface area contributed by atoms with E-state index in [0.717, 1.165) is 33.8 Å². The number of aromatic nitrogens is 2. The fraction of sp³-hybridized carbons (Fsp3) is 0.500. The Labute approximate surface area is 254 Å². The van der Waals surface area contributed by atoms with E-state index < -0.39 is 59.6 Å². The molecule has 1 aromatic carbocycles. The van der Waals surface area contributed by atoms with E-state index in [-0.39, 0.29) is 69.3 Å². The highest BCUT2D eigenvalue weighted by Crippen LogP contribution is 2.39. The van der Waals surface area contributed by atoms with Crippen molar-refractivity contribution >= 4 is 29.8 Å². The van der Waals surface area contributed by atoms with Crippen molar-refractivity contribution in [3.05, 3.63) is 41.6 Å². The Morgan fingerprint density at radius 3 is 2.27 bits per heavy atom. The fourth-order valence-electron chi connectivity index (χ4n) is 4.95. The van der Waals surface area contributed by atoms with E-state index in [2.05, 4.69) is 10.4 Å². The third kappa shape index (κ3) is 7.64. The number of carbonyl (C=O) groups excluding carboxylic acids is 3. The van der Waals surface area contributed by atoms with Crippen LogP contribution in [0.5, 0.6) is 5.88 Å². The van der Waals surface area contributed by atoms with Gasteiger partial charge in [-0.2, -0.15) is 18.3 Å². The minimum atomic E-state index is -4.70. The molecule has 0 radical (unpaired) electrons. The van der Waals surface area contributed by atoms with Crippen molar-refractivity contribution in [3.63, 3.8) is 0 Å². The van der Waals surface area contributed by atoms with Crippen LogP contribution in [0.2, 0.25) is 0 Å². The number of halogens is 3. The zero-order chi connectivity index (χ0) is 32.9. The third-order valence-corrected chi connectivity index (χ3v) is 7.55. The molecule has 1 aliphatic carbocycles. The van der Waals surface area contributed by atoms with E-state index in [0.29, 0.717) is 6.42 Å². The zero-order valence-electron chi connectivity index (χ0n) is 24.2. The summed E-state index contributed by atoms with van der Waals surface area (Å²) in [5, 5.41) is 25.0. The second kappa shape index (κ2) is 13.4. The highest BCUT2D eigenvalue weighted by molar-refractivity contribution is 5.96. The Bertz CT molecular complexity index is 1450. The molecule has 1 atom stereocenters. The molecule has 14 nitrogen and oxygen atoms in total. The lowest BCUT2D eigenvalue weighted by Crippen LogP contribution is -2.55. The molecule has 4 rings (SSSR count). The van der Waals surface area contributed by atoms with Crippen LogP contribution in [0.4, 0.5) is 18.0 Å². The van der Waals surface area contributed by atoms with Gasteiger partial charge in [-0.25, -0.2) is 14.3 Å². The number of alkyl halides is 3. The van der Waals surface area contributed by atoms with Gasteiger partial charge in [-0.15, -0.1) is 0 Å². The molecule has 1 saturated heterocycles. The number of amides is 3. The maximum atomic E-state index is 13.5. The normalized spacial score (nSPS) is 16.7. The van der Waals surface area contributed by atoms with Crippen molar-refractivity contribution in [1.29, 1.82) is 0 Å². The summed E-state index contributed by atoms with van der Waals surface area (Å²) >= 11 is 0. The number of ether oxygens (including phenoxy) is 2. The third-order valence-electron chi connectivity index (χ3n) is 7.55. The number of nitrogens with zero attached hydrogens (tertiary/aromatic N) is 4. The van der Waals surface area contributed by atoms with Crippen molar-refractivity contribution < 1.29 is 56.8 Å². The van der Waals surface area contributed by atoms with Crippen molar-refractivity contribution in [2.24, 2.45) is 0 Å². The molecule has 1 aliphatic heterocycles. The van der Waals surface area contributed by atoms with Gasteiger partial charge in [0.25, 0.3) is 5.91 Å². The smallest absolute Gasteiger partial charge is 0.416 e. The van der Waals surface area contributed by atoms with Crippen LogP contribution in [0.25, 0.3) is 5.69 Å². The average Bonchev–Trinajstić information content (AvgIpc) is 3.40. The first kappa shape index (κ1) is 33.1. The molecule has 3 amide bonds. The van der Waals surface area contributed by atoms with E-state index in [1.54, 1.807) is 6.92 Å². The van der Waals surface area contributed by atoms with E-state index in [9.17, 15) is 47.4 Å². The van der Waals surface area contributed by atoms with Crippen LogP contribution < -0.4 is 10.1 Å². The molecule has 1 aromatic heterocycles. The summed E-state index contributed by atoms with van der Waals surface area (Å²) in [5.41, 5.74) is -2.96. The van der Waals surface area contributed by atoms with Crippen molar-refractivity contribution in [2.75, 3.05) is 32.8 Å². The van der Waals surface area contributed by atoms with Gasteiger partial charge in [0.05, 0.1) is 17.9 Å². The minimum absolute atomic E-state index is 0.0165. The number of hydrogen-bond donors (Lipinski definition) is 3. The lowest BCUT2D eigenvalue weighted by molar-refractivity contribution is -0.170. The topological polar surface area (TPSA) is 181 Å². The predicted molar refractivity (Wildman–Crippen MR) is 147 cm³/mol. The van der Waals surface area contributed by atoms with Crippen LogP contribution in [0.3, 0.4) is 0 Å². The van der Waals surface area contributed by atoms with Crippen molar-refractivity contribution in [2.45, 2.75) is 56.8 Å². The summed E-state index contributed by atoms with van der Waals surface area (Å²) < 4.78 is 52.6. The van der Waals surface area contributed by atoms with Gasteiger partial charge in [-0.05, 0) is 50.8 Å². The molecule has 2 aromatic rings. The van der Waals surface area contributed by atoms with Crippen molar-refractivity contribution in [3.8, 4) is 11.6 Å². The number of esters is 1. The highest BCUT2D eigenvalue weighted by Gasteiger charge is 2.49. The maximum absolute atomic E-state index is 13.5. The van der Waals surface area contributed by atoms with Crippen LogP contribution in [0, 0.1) is 0 Å². The predicted octanol–water partition coefficient (Wildman–Crippen LogP) is 2.54. The molecule has 0 bridgehead atoms. The van der Waals surface area contributed by atoms with Gasteiger partial charge < -0.3 is 34.8 Å².